The van der Waals surface area contributed by atoms with Crippen LogP contribution in [0.3, 0.4) is 0 Å². The average molecular weight is 389 g/mol. The molecule has 0 spiro atoms. The molecule has 0 bridgehead atoms. The van der Waals surface area contributed by atoms with E-state index in [1.54, 1.807) is 12.1 Å². The van der Waals surface area contributed by atoms with Crippen molar-refractivity contribution in [2.45, 2.75) is 4.34 Å². The summed E-state index contributed by atoms with van der Waals surface area (Å²) in [6.45, 7) is 2.57. The Morgan fingerprint density at radius 2 is 2.13 bits per heavy atom. The molecule has 1 aromatic carbocycles. The van der Waals surface area contributed by atoms with Crippen molar-refractivity contribution in [3.63, 3.8) is 0 Å². The van der Waals surface area contributed by atoms with Gasteiger partial charge in [0.2, 0.25) is 5.91 Å². The van der Waals surface area contributed by atoms with E-state index in [1.165, 1.54) is 23.1 Å². The molecule has 0 aliphatic carbocycles. The lowest BCUT2D eigenvalue weighted by atomic mass is 10.2. The van der Waals surface area contributed by atoms with Gasteiger partial charge in [-0.25, -0.2) is 4.98 Å². The number of halogens is 2. The lowest BCUT2D eigenvalue weighted by molar-refractivity contribution is -0.132. The van der Waals surface area contributed by atoms with Crippen LogP contribution in [-0.2, 0) is 9.53 Å². The maximum atomic E-state index is 12.1. The smallest absolute Gasteiger partial charge is 0.233 e. The lowest BCUT2D eigenvalue weighted by Crippen LogP contribution is -2.41. The first-order valence-electron chi connectivity index (χ1n) is 7.03. The van der Waals surface area contributed by atoms with E-state index in [-0.39, 0.29) is 5.91 Å². The van der Waals surface area contributed by atoms with Gasteiger partial charge >= 0.3 is 0 Å². The van der Waals surface area contributed by atoms with Crippen LogP contribution in [0.2, 0.25) is 10.0 Å². The molecule has 122 valence electrons. The standard InChI is InChI=1S/C15H14Cl2N2O2S2/c16-10-1-2-11(12(17)7-10)13-8-22-15(18-13)23-9-14(20)19-3-5-21-6-4-19/h1-2,7-8H,3-6,9H2. The second-order valence-electron chi connectivity index (χ2n) is 4.90. The summed E-state index contributed by atoms with van der Waals surface area (Å²) >= 11 is 15.1. The number of thiazole rings is 1. The molecule has 1 fully saturated rings. The van der Waals surface area contributed by atoms with Gasteiger partial charge in [-0.15, -0.1) is 11.3 Å². The molecule has 0 unspecified atom stereocenters. The summed E-state index contributed by atoms with van der Waals surface area (Å²) in [5, 5.41) is 3.11. The van der Waals surface area contributed by atoms with Crippen LogP contribution in [0.5, 0.6) is 0 Å². The summed E-state index contributed by atoms with van der Waals surface area (Å²) in [5.41, 5.74) is 1.65. The van der Waals surface area contributed by atoms with Crippen molar-refractivity contribution in [1.82, 2.24) is 9.88 Å². The molecule has 0 radical (unpaired) electrons. The Hall–Kier alpha value is -0.790. The summed E-state index contributed by atoms with van der Waals surface area (Å²) in [5.74, 6) is 0.515. The fourth-order valence-corrected chi connectivity index (χ4v) is 4.41. The van der Waals surface area contributed by atoms with Crippen molar-refractivity contribution >= 4 is 52.2 Å². The Morgan fingerprint density at radius 3 is 2.87 bits per heavy atom. The van der Waals surface area contributed by atoms with Crippen LogP contribution in [0.4, 0.5) is 0 Å². The maximum Gasteiger partial charge on any atom is 0.233 e. The molecule has 2 aromatic rings. The normalized spacial score (nSPS) is 15.0. The van der Waals surface area contributed by atoms with Crippen LogP contribution < -0.4 is 0 Å². The van der Waals surface area contributed by atoms with E-state index in [4.69, 9.17) is 27.9 Å². The Labute approximate surface area is 152 Å². The number of carbonyl (C=O) groups is 1. The highest BCUT2D eigenvalue weighted by molar-refractivity contribution is 8.01. The number of hydrogen-bond donors (Lipinski definition) is 0. The molecule has 1 aromatic heterocycles. The molecule has 23 heavy (non-hydrogen) atoms. The van der Waals surface area contributed by atoms with E-state index >= 15 is 0 Å². The van der Waals surface area contributed by atoms with Gasteiger partial charge < -0.3 is 9.64 Å². The topological polar surface area (TPSA) is 42.4 Å². The first-order valence-corrected chi connectivity index (χ1v) is 9.65. The molecule has 0 N–H and O–H groups in total. The van der Waals surface area contributed by atoms with E-state index in [2.05, 4.69) is 4.98 Å². The third-order valence-electron chi connectivity index (χ3n) is 3.37. The van der Waals surface area contributed by atoms with Gasteiger partial charge in [0.25, 0.3) is 0 Å². The number of benzene rings is 1. The van der Waals surface area contributed by atoms with E-state index < -0.39 is 0 Å². The van der Waals surface area contributed by atoms with Gasteiger partial charge in [0, 0.05) is 29.1 Å². The first kappa shape index (κ1) is 17.0. The van der Waals surface area contributed by atoms with Crippen LogP contribution >= 0.6 is 46.3 Å². The summed E-state index contributed by atoms with van der Waals surface area (Å²) < 4.78 is 6.11. The van der Waals surface area contributed by atoms with Crippen LogP contribution in [-0.4, -0.2) is 47.8 Å². The summed E-state index contributed by atoms with van der Waals surface area (Å²) in [6.07, 6.45) is 0. The molecule has 0 saturated carbocycles. The fraction of sp³-hybridized carbons (Fsp3) is 0.333. The number of rotatable bonds is 4. The Bertz CT molecular complexity index is 703. The summed E-state index contributed by atoms with van der Waals surface area (Å²) in [7, 11) is 0. The van der Waals surface area contributed by atoms with Gasteiger partial charge in [0.15, 0.2) is 4.34 Å². The number of hydrogen-bond acceptors (Lipinski definition) is 5. The minimum atomic E-state index is 0.125. The highest BCUT2D eigenvalue weighted by atomic mass is 35.5. The first-order chi connectivity index (χ1) is 11.1. The summed E-state index contributed by atoms with van der Waals surface area (Å²) in [6, 6.07) is 5.34. The molecular weight excluding hydrogens is 375 g/mol. The molecule has 1 amide bonds. The SMILES string of the molecule is O=C(CSc1nc(-c2ccc(Cl)cc2Cl)cs1)N1CCOCC1. The number of morpholine rings is 1. The summed E-state index contributed by atoms with van der Waals surface area (Å²) in [4.78, 5) is 18.5. The molecule has 1 aliphatic rings. The number of aromatic nitrogens is 1. The third-order valence-corrected chi connectivity index (χ3v) is 5.93. The number of ether oxygens (including phenoxy) is 1. The predicted octanol–water partition coefficient (Wildman–Crippen LogP) is 4.07. The van der Waals surface area contributed by atoms with Crippen LogP contribution in [0, 0.1) is 0 Å². The highest BCUT2D eigenvalue weighted by Crippen LogP contribution is 2.33. The zero-order valence-corrected chi connectivity index (χ0v) is 15.3. The predicted molar refractivity (Wildman–Crippen MR) is 95.7 cm³/mol. The van der Waals surface area contributed by atoms with E-state index in [9.17, 15) is 4.79 Å². The van der Waals surface area contributed by atoms with Crippen molar-refractivity contribution in [2.24, 2.45) is 0 Å². The van der Waals surface area contributed by atoms with Gasteiger partial charge in [-0.05, 0) is 18.2 Å². The molecule has 3 rings (SSSR count). The number of amides is 1. The van der Waals surface area contributed by atoms with Crippen molar-refractivity contribution < 1.29 is 9.53 Å². The number of nitrogens with zero attached hydrogens (tertiary/aromatic N) is 2. The van der Waals surface area contributed by atoms with Gasteiger partial charge in [-0.2, -0.15) is 0 Å². The van der Waals surface area contributed by atoms with Gasteiger partial charge in [-0.3, -0.25) is 4.79 Å². The second kappa shape index (κ2) is 7.85. The van der Waals surface area contributed by atoms with Crippen LogP contribution in [0.15, 0.2) is 27.9 Å². The maximum absolute atomic E-state index is 12.1. The lowest BCUT2D eigenvalue weighted by Gasteiger charge is -2.26. The Morgan fingerprint density at radius 1 is 1.35 bits per heavy atom. The van der Waals surface area contributed by atoms with Crippen molar-refractivity contribution in [3.05, 3.63) is 33.6 Å². The molecular formula is C15H14Cl2N2O2S2. The Kier molecular flexibility index (Phi) is 5.82. The van der Waals surface area contributed by atoms with Gasteiger partial charge in [-0.1, -0.05) is 35.0 Å². The zero-order valence-electron chi connectivity index (χ0n) is 12.1. The Balaban J connectivity index is 1.62. The minimum absolute atomic E-state index is 0.125. The monoisotopic (exact) mass is 388 g/mol. The molecule has 8 heteroatoms. The molecule has 1 aliphatic heterocycles. The number of thioether (sulfide) groups is 1. The van der Waals surface area contributed by atoms with E-state index in [0.29, 0.717) is 42.1 Å². The minimum Gasteiger partial charge on any atom is -0.378 e. The van der Waals surface area contributed by atoms with Crippen molar-refractivity contribution in [2.75, 3.05) is 32.1 Å². The molecule has 1 saturated heterocycles. The highest BCUT2D eigenvalue weighted by Gasteiger charge is 2.17. The second-order valence-corrected chi connectivity index (χ2v) is 7.83. The molecule has 2 heterocycles. The van der Waals surface area contributed by atoms with E-state index in [1.807, 2.05) is 16.3 Å². The van der Waals surface area contributed by atoms with E-state index in [0.717, 1.165) is 15.6 Å². The molecule has 4 nitrogen and oxygen atoms in total. The molecule has 0 atom stereocenters. The zero-order chi connectivity index (χ0) is 16.2. The third kappa shape index (κ3) is 4.39. The van der Waals surface area contributed by atoms with Gasteiger partial charge in [0.05, 0.1) is 29.7 Å². The quantitative estimate of drug-likeness (QED) is 0.740. The fourth-order valence-electron chi connectivity index (χ4n) is 2.17. The van der Waals surface area contributed by atoms with Crippen LogP contribution in [0.25, 0.3) is 11.3 Å². The largest absolute Gasteiger partial charge is 0.378 e. The van der Waals surface area contributed by atoms with Crippen molar-refractivity contribution in [3.8, 4) is 11.3 Å². The van der Waals surface area contributed by atoms with Gasteiger partial charge in [0.1, 0.15) is 0 Å². The number of carbonyl (C=O) groups excluding carboxylic acids is 1. The van der Waals surface area contributed by atoms with Crippen LogP contribution in [0.1, 0.15) is 0 Å². The average Bonchev–Trinajstić information content (AvgIpc) is 3.02. The van der Waals surface area contributed by atoms with Crippen molar-refractivity contribution in [1.29, 1.82) is 0 Å².